The van der Waals surface area contributed by atoms with Gasteiger partial charge in [-0.25, -0.2) is 0 Å². The van der Waals surface area contributed by atoms with Gasteiger partial charge < -0.3 is 10.8 Å². The summed E-state index contributed by atoms with van der Waals surface area (Å²) >= 11 is 0. The van der Waals surface area contributed by atoms with Crippen molar-refractivity contribution in [3.63, 3.8) is 0 Å². The number of nitrogen functional groups attached to an aromatic ring is 1. The normalized spacial score (nSPS) is 12.1. The van der Waals surface area contributed by atoms with Gasteiger partial charge in [-0.05, 0) is 55.0 Å². The topological polar surface area (TPSA) is 125 Å². The van der Waals surface area contributed by atoms with Crippen molar-refractivity contribution in [3.05, 3.63) is 53.1 Å². The Balaban J connectivity index is 2.40. The average Bonchev–Trinajstić information content (AvgIpc) is 2.59. The number of aryl methyl sites for hydroxylation is 2. The van der Waals surface area contributed by atoms with Crippen molar-refractivity contribution in [1.82, 2.24) is 0 Å². The minimum atomic E-state index is -4.58. The van der Waals surface area contributed by atoms with Gasteiger partial charge in [0.15, 0.2) is 0 Å². The molecule has 0 heterocycles. The fourth-order valence-electron chi connectivity index (χ4n) is 2.85. The predicted molar refractivity (Wildman–Crippen MR) is 105 cm³/mol. The molecular formula is C19H19N3O4S. The lowest BCUT2D eigenvalue weighted by Gasteiger charge is -2.14. The summed E-state index contributed by atoms with van der Waals surface area (Å²) in [4.78, 5) is -0.476. The first kappa shape index (κ1) is 18.8. The van der Waals surface area contributed by atoms with Gasteiger partial charge >= 0.3 is 0 Å². The van der Waals surface area contributed by atoms with Crippen LogP contribution in [0.2, 0.25) is 0 Å². The highest BCUT2D eigenvalue weighted by Crippen LogP contribution is 2.44. The van der Waals surface area contributed by atoms with E-state index in [2.05, 4.69) is 10.2 Å². The standard InChI is InChI=1S/C19H19N3O4S/c1-10-6-4-5-7-14(10)21-22-18-16-13(8-11(2)12(3)19(16)23)9-15(17(18)20)27(24,25)26/h4-9,23H,20H2,1-3H3,(H,24,25,26). The van der Waals surface area contributed by atoms with Crippen LogP contribution in [0.15, 0.2) is 51.5 Å². The third-order valence-electron chi connectivity index (χ3n) is 4.54. The van der Waals surface area contributed by atoms with Crippen LogP contribution in [-0.4, -0.2) is 18.1 Å². The minimum Gasteiger partial charge on any atom is -0.507 e. The first-order valence-electron chi connectivity index (χ1n) is 8.11. The number of anilines is 1. The first-order chi connectivity index (χ1) is 12.6. The van der Waals surface area contributed by atoms with Gasteiger partial charge in [0.25, 0.3) is 10.1 Å². The van der Waals surface area contributed by atoms with Crippen LogP contribution in [0.1, 0.15) is 16.7 Å². The van der Waals surface area contributed by atoms with Gasteiger partial charge in [0.1, 0.15) is 16.3 Å². The average molecular weight is 385 g/mol. The maximum atomic E-state index is 11.8. The smallest absolute Gasteiger partial charge is 0.296 e. The number of benzene rings is 3. The van der Waals surface area contributed by atoms with Gasteiger partial charge in [0.2, 0.25) is 0 Å². The van der Waals surface area contributed by atoms with Gasteiger partial charge in [-0.3, -0.25) is 4.55 Å². The maximum Gasteiger partial charge on any atom is 0.296 e. The Morgan fingerprint density at radius 1 is 1.00 bits per heavy atom. The molecule has 0 aliphatic heterocycles. The van der Waals surface area contributed by atoms with Crippen LogP contribution in [0.25, 0.3) is 10.8 Å². The third-order valence-corrected chi connectivity index (χ3v) is 5.43. The Morgan fingerprint density at radius 3 is 2.30 bits per heavy atom. The van der Waals surface area contributed by atoms with E-state index in [0.29, 0.717) is 16.6 Å². The number of hydrogen-bond acceptors (Lipinski definition) is 6. The molecule has 0 unspecified atom stereocenters. The Labute approximate surface area is 156 Å². The molecule has 4 N–H and O–H groups in total. The predicted octanol–water partition coefficient (Wildman–Crippen LogP) is 4.71. The van der Waals surface area contributed by atoms with Crippen molar-refractivity contribution in [2.24, 2.45) is 10.2 Å². The lowest BCUT2D eigenvalue weighted by Crippen LogP contribution is -2.04. The molecule has 8 heteroatoms. The van der Waals surface area contributed by atoms with E-state index in [0.717, 1.165) is 11.1 Å². The second kappa shape index (κ2) is 6.64. The summed E-state index contributed by atoms with van der Waals surface area (Å²) in [6.07, 6.45) is 0. The van der Waals surface area contributed by atoms with E-state index in [4.69, 9.17) is 5.73 Å². The molecule has 0 amide bonds. The molecule has 0 saturated carbocycles. The van der Waals surface area contributed by atoms with Gasteiger partial charge in [-0.1, -0.05) is 24.3 Å². The molecule has 0 spiro atoms. The first-order valence-corrected chi connectivity index (χ1v) is 9.55. The van der Waals surface area contributed by atoms with E-state index in [-0.39, 0.29) is 22.5 Å². The molecular weight excluding hydrogens is 366 g/mol. The minimum absolute atomic E-state index is 0.0102. The number of nitrogens with zero attached hydrogens (tertiary/aromatic N) is 2. The highest BCUT2D eigenvalue weighted by molar-refractivity contribution is 7.86. The number of hydrogen-bond donors (Lipinski definition) is 3. The molecule has 3 rings (SSSR count). The van der Waals surface area contributed by atoms with Crippen LogP contribution in [0.3, 0.4) is 0 Å². The number of fused-ring (bicyclic) bond motifs is 1. The Bertz CT molecular complexity index is 1200. The maximum absolute atomic E-state index is 11.8. The SMILES string of the molecule is Cc1ccccc1N=Nc1c(N)c(S(=O)(=O)O)cc2cc(C)c(C)c(O)c12. The second-order valence-corrected chi connectivity index (χ2v) is 7.75. The van der Waals surface area contributed by atoms with E-state index in [1.165, 1.54) is 6.07 Å². The van der Waals surface area contributed by atoms with Crippen molar-refractivity contribution in [2.45, 2.75) is 25.7 Å². The molecule has 0 aliphatic carbocycles. The molecule has 3 aromatic rings. The molecule has 0 atom stereocenters. The van der Waals surface area contributed by atoms with Gasteiger partial charge in [0, 0.05) is 0 Å². The van der Waals surface area contributed by atoms with E-state index in [1.807, 2.05) is 19.1 Å². The fraction of sp³-hybridized carbons (Fsp3) is 0.158. The summed E-state index contributed by atoms with van der Waals surface area (Å²) in [5.41, 5.74) is 8.52. The number of phenols is 1. The molecule has 0 saturated heterocycles. The quantitative estimate of drug-likeness (QED) is 0.342. The summed E-state index contributed by atoms with van der Waals surface area (Å²) in [7, 11) is -4.58. The fourth-order valence-corrected chi connectivity index (χ4v) is 3.50. The largest absolute Gasteiger partial charge is 0.507 e. The van der Waals surface area contributed by atoms with E-state index >= 15 is 0 Å². The molecule has 3 aromatic carbocycles. The van der Waals surface area contributed by atoms with Crippen molar-refractivity contribution in [3.8, 4) is 5.75 Å². The summed E-state index contributed by atoms with van der Waals surface area (Å²) in [5, 5.41) is 19.6. The lowest BCUT2D eigenvalue weighted by atomic mass is 9.99. The van der Waals surface area contributed by atoms with Crippen LogP contribution in [-0.2, 0) is 10.1 Å². The van der Waals surface area contributed by atoms with Crippen molar-refractivity contribution >= 4 is 38.0 Å². The van der Waals surface area contributed by atoms with Crippen LogP contribution in [0, 0.1) is 20.8 Å². The van der Waals surface area contributed by atoms with E-state index in [9.17, 15) is 18.1 Å². The molecule has 0 radical (unpaired) electrons. The van der Waals surface area contributed by atoms with E-state index < -0.39 is 15.0 Å². The van der Waals surface area contributed by atoms with Gasteiger partial charge in [-0.15, -0.1) is 5.11 Å². The van der Waals surface area contributed by atoms with E-state index in [1.54, 1.807) is 32.0 Å². The highest BCUT2D eigenvalue weighted by atomic mass is 32.2. The number of phenolic OH excluding ortho intramolecular Hbond substituents is 1. The Morgan fingerprint density at radius 2 is 1.67 bits per heavy atom. The Kier molecular flexibility index (Phi) is 4.63. The van der Waals surface area contributed by atoms with Crippen LogP contribution in [0.5, 0.6) is 5.75 Å². The number of azo groups is 1. The lowest BCUT2D eigenvalue weighted by molar-refractivity contribution is 0.476. The zero-order valence-corrected chi connectivity index (χ0v) is 15.9. The third kappa shape index (κ3) is 3.36. The molecule has 7 nitrogen and oxygen atoms in total. The summed E-state index contributed by atoms with van der Waals surface area (Å²) in [6, 6.07) is 10.2. The van der Waals surface area contributed by atoms with Crippen molar-refractivity contribution < 1.29 is 18.1 Å². The van der Waals surface area contributed by atoms with Crippen LogP contribution in [0.4, 0.5) is 17.1 Å². The molecule has 0 aliphatic rings. The van der Waals surface area contributed by atoms with Crippen LogP contribution < -0.4 is 5.73 Å². The molecule has 0 aromatic heterocycles. The summed E-state index contributed by atoms with van der Waals surface area (Å²) < 4.78 is 33.0. The summed E-state index contributed by atoms with van der Waals surface area (Å²) in [5.74, 6) is -0.0580. The number of aromatic hydroxyl groups is 1. The summed E-state index contributed by atoms with van der Waals surface area (Å²) in [6.45, 7) is 5.38. The van der Waals surface area contributed by atoms with Crippen LogP contribution >= 0.6 is 0 Å². The zero-order valence-electron chi connectivity index (χ0n) is 15.1. The van der Waals surface area contributed by atoms with Crippen molar-refractivity contribution in [2.75, 3.05) is 5.73 Å². The molecule has 0 bridgehead atoms. The van der Waals surface area contributed by atoms with Gasteiger partial charge in [-0.2, -0.15) is 13.5 Å². The highest BCUT2D eigenvalue weighted by Gasteiger charge is 2.22. The molecule has 27 heavy (non-hydrogen) atoms. The Hall–Kier alpha value is -2.97. The van der Waals surface area contributed by atoms with Crippen molar-refractivity contribution in [1.29, 1.82) is 0 Å². The zero-order chi connectivity index (χ0) is 19.9. The monoisotopic (exact) mass is 385 g/mol. The number of rotatable bonds is 3. The molecule has 0 fully saturated rings. The second-order valence-electron chi connectivity index (χ2n) is 6.36. The van der Waals surface area contributed by atoms with Gasteiger partial charge in [0.05, 0.1) is 16.8 Å². The molecule has 140 valence electrons. The number of nitrogens with two attached hydrogens (primary N) is 1.